The van der Waals surface area contributed by atoms with Crippen molar-refractivity contribution in [3.63, 3.8) is 0 Å². The zero-order chi connectivity index (χ0) is 4.78. The monoisotopic (exact) mass is 121 g/mol. The Balaban J connectivity index is 0.000000360. The van der Waals surface area contributed by atoms with Gasteiger partial charge in [0.05, 0.1) is 14.1 Å². The first-order valence-electron chi connectivity index (χ1n) is 2.45. The van der Waals surface area contributed by atoms with Crippen molar-refractivity contribution < 1.29 is 16.9 Å². The van der Waals surface area contributed by atoms with E-state index in [1.54, 1.807) is 0 Å². The number of quaternary nitrogens is 1. The van der Waals surface area contributed by atoms with Gasteiger partial charge in [0, 0.05) is 0 Å². The zero-order valence-corrected chi connectivity index (χ0v) is 5.87. The van der Waals surface area contributed by atoms with Gasteiger partial charge in [-0.25, -0.2) is 0 Å². The van der Waals surface area contributed by atoms with E-state index < -0.39 is 0 Å². The van der Waals surface area contributed by atoms with Crippen LogP contribution >= 0.6 is 0 Å². The van der Waals surface area contributed by atoms with Crippen LogP contribution in [0.15, 0.2) is 0 Å². The minimum absolute atomic E-state index is 0. The fourth-order valence-electron chi connectivity index (χ4n) is 0.634. The standard InChI is InChI=1S/C5H12N.ClH/c1-5-4-6(5,2)3;/h5H,4H2,1-3H3;1H/q+1;/p-1. The summed E-state index contributed by atoms with van der Waals surface area (Å²) in [5, 5.41) is 0. The fraction of sp³-hybridized carbons (Fsp3) is 1.00. The Morgan fingerprint density at radius 1 is 1.43 bits per heavy atom. The summed E-state index contributed by atoms with van der Waals surface area (Å²) in [6.45, 7) is 3.65. The van der Waals surface area contributed by atoms with Crippen LogP contribution in [0.1, 0.15) is 6.92 Å². The Bertz CT molecular complexity index is 70.5. The second-order valence-electron chi connectivity index (χ2n) is 2.81. The number of nitrogens with zero attached hydrogens (tertiary/aromatic N) is 1. The molecule has 0 bridgehead atoms. The Morgan fingerprint density at radius 3 is 1.57 bits per heavy atom. The molecule has 1 unspecified atom stereocenters. The van der Waals surface area contributed by atoms with Crippen LogP contribution in [0.4, 0.5) is 0 Å². The molecule has 1 atom stereocenters. The lowest BCUT2D eigenvalue weighted by molar-refractivity contribution is -0.767. The SMILES string of the molecule is CC1C[N+]1(C)C.[Cl-]. The van der Waals surface area contributed by atoms with Crippen LogP contribution in [0, 0.1) is 0 Å². The lowest BCUT2D eigenvalue weighted by Gasteiger charge is -2.00. The summed E-state index contributed by atoms with van der Waals surface area (Å²) in [5.74, 6) is 0. The number of hydrogen-bond acceptors (Lipinski definition) is 0. The highest BCUT2D eigenvalue weighted by Gasteiger charge is 2.42. The van der Waals surface area contributed by atoms with Crippen LogP contribution in [0.25, 0.3) is 0 Å². The van der Waals surface area contributed by atoms with Gasteiger partial charge in [0.2, 0.25) is 0 Å². The van der Waals surface area contributed by atoms with Crippen molar-refractivity contribution in [2.24, 2.45) is 0 Å². The summed E-state index contributed by atoms with van der Waals surface area (Å²) >= 11 is 0. The molecule has 0 amide bonds. The lowest BCUT2D eigenvalue weighted by atomic mass is 10.6. The second-order valence-corrected chi connectivity index (χ2v) is 2.81. The first-order chi connectivity index (χ1) is 2.63. The molecule has 1 aliphatic heterocycles. The van der Waals surface area contributed by atoms with Crippen molar-refractivity contribution in [1.29, 1.82) is 0 Å². The first-order valence-corrected chi connectivity index (χ1v) is 2.45. The first kappa shape index (κ1) is 7.25. The predicted molar refractivity (Wildman–Crippen MR) is 26.4 cm³/mol. The average Bonchev–Trinajstić information content (AvgIpc) is 1.73. The average molecular weight is 122 g/mol. The zero-order valence-electron chi connectivity index (χ0n) is 5.11. The Hall–Kier alpha value is 0.250. The van der Waals surface area contributed by atoms with E-state index in [1.165, 1.54) is 11.0 Å². The van der Waals surface area contributed by atoms with Crippen LogP contribution in [0.2, 0.25) is 0 Å². The number of likely N-dealkylation sites (N-methyl/N-ethyl adjacent to an activating group) is 1. The maximum atomic E-state index is 2.28. The van der Waals surface area contributed by atoms with Gasteiger partial charge >= 0.3 is 0 Å². The normalized spacial score (nSPS) is 33.9. The van der Waals surface area contributed by atoms with Gasteiger partial charge in [-0.2, -0.15) is 0 Å². The summed E-state index contributed by atoms with van der Waals surface area (Å²) in [6.07, 6.45) is 0. The van der Waals surface area contributed by atoms with Crippen molar-refractivity contribution >= 4 is 0 Å². The maximum Gasteiger partial charge on any atom is 0.136 e. The quantitative estimate of drug-likeness (QED) is 0.245. The highest BCUT2D eigenvalue weighted by molar-refractivity contribution is 4.61. The molecular weight excluding hydrogens is 110 g/mol. The third kappa shape index (κ3) is 1.32. The minimum atomic E-state index is 0. The predicted octanol–water partition coefficient (Wildman–Crippen LogP) is -2.53. The molecule has 1 aliphatic rings. The number of rotatable bonds is 0. The molecule has 1 saturated heterocycles. The van der Waals surface area contributed by atoms with Crippen molar-refractivity contribution in [3.8, 4) is 0 Å². The van der Waals surface area contributed by atoms with E-state index in [2.05, 4.69) is 21.0 Å². The third-order valence-corrected chi connectivity index (χ3v) is 1.79. The van der Waals surface area contributed by atoms with E-state index >= 15 is 0 Å². The highest BCUT2D eigenvalue weighted by Crippen LogP contribution is 2.22. The molecule has 0 saturated carbocycles. The van der Waals surface area contributed by atoms with Gasteiger partial charge in [-0.1, -0.05) is 0 Å². The lowest BCUT2D eigenvalue weighted by Crippen LogP contribution is -3.00. The van der Waals surface area contributed by atoms with Crippen LogP contribution in [0.5, 0.6) is 0 Å². The van der Waals surface area contributed by atoms with E-state index in [-0.39, 0.29) is 12.4 Å². The Morgan fingerprint density at radius 2 is 1.57 bits per heavy atom. The van der Waals surface area contributed by atoms with Crippen molar-refractivity contribution in [2.75, 3.05) is 20.6 Å². The highest BCUT2D eigenvalue weighted by atomic mass is 35.5. The second kappa shape index (κ2) is 1.64. The molecule has 0 radical (unpaired) electrons. The largest absolute Gasteiger partial charge is 1.00 e. The molecule has 7 heavy (non-hydrogen) atoms. The van der Waals surface area contributed by atoms with Gasteiger partial charge < -0.3 is 16.9 Å². The van der Waals surface area contributed by atoms with Gasteiger partial charge in [0.25, 0.3) is 0 Å². The van der Waals surface area contributed by atoms with Gasteiger partial charge in [0.15, 0.2) is 0 Å². The molecule has 0 aromatic carbocycles. The summed E-state index contributed by atoms with van der Waals surface area (Å²) in [7, 11) is 4.51. The summed E-state index contributed by atoms with van der Waals surface area (Å²) in [5.41, 5.74) is 0. The van der Waals surface area contributed by atoms with Gasteiger partial charge in [-0.05, 0) is 6.92 Å². The summed E-state index contributed by atoms with van der Waals surface area (Å²) in [4.78, 5) is 0. The third-order valence-electron chi connectivity index (χ3n) is 1.79. The minimum Gasteiger partial charge on any atom is -1.00 e. The van der Waals surface area contributed by atoms with Crippen LogP contribution in [-0.2, 0) is 0 Å². The van der Waals surface area contributed by atoms with Crippen LogP contribution < -0.4 is 12.4 Å². The van der Waals surface area contributed by atoms with Gasteiger partial charge in [-0.15, -0.1) is 0 Å². The Labute approximate surface area is 51.3 Å². The van der Waals surface area contributed by atoms with Crippen LogP contribution in [0.3, 0.4) is 0 Å². The molecule has 0 spiro atoms. The smallest absolute Gasteiger partial charge is 0.136 e. The van der Waals surface area contributed by atoms with E-state index in [0.717, 1.165) is 6.04 Å². The summed E-state index contributed by atoms with van der Waals surface area (Å²) in [6, 6.07) is 0.935. The van der Waals surface area contributed by atoms with Crippen molar-refractivity contribution in [2.45, 2.75) is 13.0 Å². The molecule has 1 heterocycles. The number of halogens is 1. The molecule has 44 valence electrons. The molecule has 2 heteroatoms. The van der Waals surface area contributed by atoms with Gasteiger partial charge in [0.1, 0.15) is 12.6 Å². The maximum absolute atomic E-state index is 2.28. The molecule has 1 fully saturated rings. The molecule has 0 aromatic rings. The molecule has 1 nitrogen and oxygen atoms in total. The molecule has 0 aromatic heterocycles. The Kier molecular flexibility index (Phi) is 1.70. The van der Waals surface area contributed by atoms with E-state index in [4.69, 9.17) is 0 Å². The van der Waals surface area contributed by atoms with Crippen molar-refractivity contribution in [3.05, 3.63) is 0 Å². The molecular formula is C5H12ClN. The number of hydrogen-bond donors (Lipinski definition) is 0. The fourth-order valence-corrected chi connectivity index (χ4v) is 0.634. The molecule has 1 rings (SSSR count). The van der Waals surface area contributed by atoms with Gasteiger partial charge in [-0.3, -0.25) is 0 Å². The topological polar surface area (TPSA) is 0 Å². The van der Waals surface area contributed by atoms with E-state index in [1.807, 2.05) is 0 Å². The van der Waals surface area contributed by atoms with Crippen molar-refractivity contribution in [1.82, 2.24) is 0 Å². The van der Waals surface area contributed by atoms with E-state index in [9.17, 15) is 0 Å². The van der Waals surface area contributed by atoms with E-state index in [0.29, 0.717) is 0 Å². The molecule has 0 aliphatic carbocycles. The van der Waals surface area contributed by atoms with Crippen LogP contribution in [-0.4, -0.2) is 31.2 Å². The summed E-state index contributed by atoms with van der Waals surface area (Å²) < 4.78 is 1.24. The molecule has 0 N–H and O–H groups in total.